The fourth-order valence-electron chi connectivity index (χ4n) is 4.76. The van der Waals surface area contributed by atoms with Crippen LogP contribution in [0.3, 0.4) is 0 Å². The first kappa shape index (κ1) is 25.5. The smallest absolute Gasteiger partial charge is 0.417 e. The molecule has 36 heavy (non-hydrogen) atoms. The number of aliphatic hydroxyl groups is 1. The van der Waals surface area contributed by atoms with E-state index in [1.165, 1.54) is 29.2 Å². The topological polar surface area (TPSA) is 108 Å². The monoisotopic (exact) mass is 504 g/mol. The van der Waals surface area contributed by atoms with E-state index in [0.29, 0.717) is 25.2 Å². The van der Waals surface area contributed by atoms with Crippen LogP contribution in [0, 0.1) is 5.92 Å². The van der Waals surface area contributed by atoms with Gasteiger partial charge in [-0.05, 0) is 49.4 Å². The number of benzene rings is 2. The zero-order valence-electron chi connectivity index (χ0n) is 19.8. The Hall–Kier alpha value is -3.60. The number of hydrogen-bond acceptors (Lipinski definition) is 4. The molecule has 0 aliphatic carbocycles. The number of urea groups is 1. The van der Waals surface area contributed by atoms with Gasteiger partial charge in [0.25, 0.3) is 0 Å². The number of carboxylic acids is 1. The second-order valence-electron chi connectivity index (χ2n) is 9.57. The predicted octanol–water partition coefficient (Wildman–Crippen LogP) is 5.15. The first-order chi connectivity index (χ1) is 16.9. The number of alkyl halides is 3. The number of carbonyl (C=O) groups is 2. The lowest BCUT2D eigenvalue weighted by molar-refractivity contribution is -0.136. The second-order valence-corrected chi connectivity index (χ2v) is 9.57. The molecule has 2 amide bonds. The molecule has 0 atom stereocenters. The van der Waals surface area contributed by atoms with Gasteiger partial charge in [-0.3, -0.25) is 0 Å². The maximum atomic E-state index is 13.9. The van der Waals surface area contributed by atoms with Crippen molar-refractivity contribution in [1.82, 2.24) is 14.7 Å². The van der Waals surface area contributed by atoms with Gasteiger partial charge in [0, 0.05) is 24.2 Å². The molecule has 3 N–H and O–H groups in total. The maximum absolute atomic E-state index is 13.9. The van der Waals surface area contributed by atoms with Gasteiger partial charge in [0.15, 0.2) is 0 Å². The quantitative estimate of drug-likeness (QED) is 0.446. The average molecular weight is 505 g/mol. The number of nitrogens with one attached hydrogen (secondary N) is 1. The van der Waals surface area contributed by atoms with E-state index in [0.717, 1.165) is 16.9 Å². The van der Waals surface area contributed by atoms with Crippen molar-refractivity contribution in [2.24, 2.45) is 5.92 Å². The fourth-order valence-corrected chi connectivity index (χ4v) is 4.76. The first-order valence-corrected chi connectivity index (χ1v) is 11.6. The third-order valence-corrected chi connectivity index (χ3v) is 6.38. The number of aromatic nitrogens is 2. The van der Waals surface area contributed by atoms with Gasteiger partial charge in [0.05, 0.1) is 34.1 Å². The molecular formula is C25H27F3N4O4. The lowest BCUT2D eigenvalue weighted by atomic mass is 9.84. The molecule has 4 rings (SSSR count). The molecule has 2 heterocycles. The zero-order valence-corrected chi connectivity index (χ0v) is 19.8. The summed E-state index contributed by atoms with van der Waals surface area (Å²) in [5, 5.41) is 26.6. The number of carbonyl (C=O) groups excluding carboxylic acids is 1. The molecule has 1 aliphatic rings. The van der Waals surface area contributed by atoms with Gasteiger partial charge in [0.1, 0.15) is 0 Å². The third kappa shape index (κ3) is 5.15. The molecule has 0 unspecified atom stereocenters. The van der Waals surface area contributed by atoms with Crippen LogP contribution in [0.1, 0.15) is 49.0 Å². The van der Waals surface area contributed by atoms with Gasteiger partial charge >= 0.3 is 18.2 Å². The first-order valence-electron chi connectivity index (χ1n) is 11.6. The minimum atomic E-state index is -4.74. The third-order valence-electron chi connectivity index (χ3n) is 6.38. The molecule has 0 spiro atoms. The van der Waals surface area contributed by atoms with Gasteiger partial charge in [-0.2, -0.15) is 18.3 Å². The van der Waals surface area contributed by atoms with Crippen LogP contribution in [0.2, 0.25) is 0 Å². The molecular weight excluding hydrogens is 477 g/mol. The molecule has 1 aliphatic heterocycles. The summed E-state index contributed by atoms with van der Waals surface area (Å²) in [6.45, 7) is 4.55. The molecule has 11 heteroatoms. The summed E-state index contributed by atoms with van der Waals surface area (Å²) < 4.78 is 42.9. The molecule has 1 fully saturated rings. The van der Waals surface area contributed by atoms with Crippen LogP contribution < -0.4 is 5.32 Å². The van der Waals surface area contributed by atoms with E-state index < -0.39 is 29.3 Å². The second kappa shape index (κ2) is 9.45. The van der Waals surface area contributed by atoms with Crippen molar-refractivity contribution >= 4 is 28.6 Å². The zero-order chi connectivity index (χ0) is 26.3. The largest absolute Gasteiger partial charge is 0.478 e. The van der Waals surface area contributed by atoms with Crippen molar-refractivity contribution in [3.05, 3.63) is 53.7 Å². The van der Waals surface area contributed by atoms with Crippen molar-refractivity contribution in [3.63, 3.8) is 0 Å². The van der Waals surface area contributed by atoms with Crippen molar-refractivity contribution in [2.45, 2.75) is 44.9 Å². The number of piperidine rings is 1. The average Bonchev–Trinajstić information content (AvgIpc) is 3.21. The van der Waals surface area contributed by atoms with E-state index in [2.05, 4.69) is 10.4 Å². The van der Waals surface area contributed by atoms with Gasteiger partial charge in [0.2, 0.25) is 0 Å². The lowest BCUT2D eigenvalue weighted by Gasteiger charge is -2.39. The molecule has 192 valence electrons. The molecule has 1 aromatic heterocycles. The van der Waals surface area contributed by atoms with Crippen molar-refractivity contribution in [3.8, 4) is 5.69 Å². The Balaban J connectivity index is 1.67. The van der Waals surface area contributed by atoms with Gasteiger partial charge in [-0.25, -0.2) is 14.3 Å². The van der Waals surface area contributed by atoms with Gasteiger partial charge in [-0.15, -0.1) is 0 Å². The SMILES string of the molecule is CC(C)CC1(O)CCN(C(=O)Nc2cc(C(F)(F)F)c3cnn(-c4ccccc4C(=O)O)c3c2)CC1. The van der Waals surface area contributed by atoms with Crippen LogP contribution in [-0.2, 0) is 6.18 Å². The highest BCUT2D eigenvalue weighted by atomic mass is 19.4. The predicted molar refractivity (Wildman–Crippen MR) is 127 cm³/mol. The van der Waals surface area contributed by atoms with E-state index in [4.69, 9.17) is 0 Å². The summed E-state index contributed by atoms with van der Waals surface area (Å²) in [4.78, 5) is 26.0. The lowest BCUT2D eigenvalue weighted by Crippen LogP contribution is -2.48. The van der Waals surface area contributed by atoms with E-state index >= 15 is 0 Å². The number of nitrogens with zero attached hydrogens (tertiary/aromatic N) is 3. The molecule has 2 aromatic carbocycles. The van der Waals surface area contributed by atoms with Crippen LogP contribution >= 0.6 is 0 Å². The molecule has 0 bridgehead atoms. The van der Waals surface area contributed by atoms with Gasteiger partial charge < -0.3 is 20.4 Å². The summed E-state index contributed by atoms with van der Waals surface area (Å²) in [5.41, 5.74) is -2.00. The van der Waals surface area contributed by atoms with Crippen LogP contribution in [0.25, 0.3) is 16.6 Å². The minimum Gasteiger partial charge on any atom is -0.478 e. The standard InChI is InChI=1S/C25H27F3N4O4/c1-15(2)13-24(36)7-9-31(10-8-24)23(35)30-16-11-19(25(26,27)28)18-14-29-32(21(18)12-16)20-6-4-3-5-17(20)22(33)34/h3-6,11-12,14-15,36H,7-10,13H2,1-2H3,(H,30,35)(H,33,34). The number of anilines is 1. The van der Waals surface area contributed by atoms with Crippen molar-refractivity contribution in [2.75, 3.05) is 18.4 Å². The Morgan fingerprint density at radius 1 is 1.17 bits per heavy atom. The Morgan fingerprint density at radius 3 is 2.44 bits per heavy atom. The number of fused-ring (bicyclic) bond motifs is 1. The molecule has 8 nitrogen and oxygen atoms in total. The van der Waals surface area contributed by atoms with E-state index in [-0.39, 0.29) is 40.9 Å². The highest BCUT2D eigenvalue weighted by Crippen LogP contribution is 2.38. The molecule has 3 aromatic rings. The number of rotatable bonds is 5. The van der Waals surface area contributed by atoms with Crippen LogP contribution in [0.4, 0.5) is 23.7 Å². The molecule has 0 radical (unpaired) electrons. The van der Waals surface area contributed by atoms with E-state index in [9.17, 15) is 33.0 Å². The van der Waals surface area contributed by atoms with Crippen LogP contribution in [-0.4, -0.2) is 55.6 Å². The Morgan fingerprint density at radius 2 is 1.83 bits per heavy atom. The number of amides is 2. The highest BCUT2D eigenvalue weighted by Gasteiger charge is 2.36. The highest BCUT2D eigenvalue weighted by molar-refractivity contribution is 5.96. The summed E-state index contributed by atoms with van der Waals surface area (Å²) >= 11 is 0. The number of carboxylic acid groups (broad SMARTS) is 1. The number of halogens is 3. The number of aromatic carboxylic acids is 1. The maximum Gasteiger partial charge on any atom is 0.417 e. The van der Waals surface area contributed by atoms with Crippen molar-refractivity contribution < 1.29 is 33.0 Å². The van der Waals surface area contributed by atoms with E-state index in [1.54, 1.807) is 6.07 Å². The number of likely N-dealkylation sites (tertiary alicyclic amines) is 1. The van der Waals surface area contributed by atoms with Crippen molar-refractivity contribution in [1.29, 1.82) is 0 Å². The Bertz CT molecular complexity index is 1290. The molecule has 0 saturated carbocycles. The Kier molecular flexibility index (Phi) is 6.70. The van der Waals surface area contributed by atoms with Crippen LogP contribution in [0.5, 0.6) is 0 Å². The van der Waals surface area contributed by atoms with E-state index in [1.807, 2.05) is 13.8 Å². The normalized spacial score (nSPS) is 15.9. The number of para-hydroxylation sites is 1. The summed E-state index contributed by atoms with van der Waals surface area (Å²) in [5.74, 6) is -0.962. The fraction of sp³-hybridized carbons (Fsp3) is 0.400. The van der Waals surface area contributed by atoms with Gasteiger partial charge in [-0.1, -0.05) is 26.0 Å². The number of hydrogen-bond donors (Lipinski definition) is 3. The minimum absolute atomic E-state index is 0.00113. The summed E-state index contributed by atoms with van der Waals surface area (Å²) in [6.07, 6.45) is -2.34. The summed E-state index contributed by atoms with van der Waals surface area (Å²) in [7, 11) is 0. The molecule has 1 saturated heterocycles. The Labute approximate surface area is 205 Å². The van der Waals surface area contributed by atoms with Crippen LogP contribution in [0.15, 0.2) is 42.6 Å². The summed E-state index contributed by atoms with van der Waals surface area (Å²) in [6, 6.07) is 7.45.